The summed E-state index contributed by atoms with van der Waals surface area (Å²) in [7, 11) is 0. The topological polar surface area (TPSA) is 25.4 Å². The van der Waals surface area contributed by atoms with E-state index in [1.807, 2.05) is 5.38 Å². The standard InChI is InChI=1S/C10H15BrN2OS/c1-3-8-5-14-7(2)4-13(8)10-12-9(11)6-15-10/h6-8H,3-5H2,1-2H3. The number of ether oxygens (including phenoxy) is 1. The van der Waals surface area contributed by atoms with Gasteiger partial charge in [-0.25, -0.2) is 4.98 Å². The van der Waals surface area contributed by atoms with Gasteiger partial charge < -0.3 is 9.64 Å². The molecule has 2 unspecified atom stereocenters. The molecule has 1 aliphatic rings. The number of nitrogens with zero attached hydrogens (tertiary/aromatic N) is 2. The van der Waals surface area contributed by atoms with Gasteiger partial charge in [0.2, 0.25) is 0 Å². The molecule has 5 heteroatoms. The molecule has 0 radical (unpaired) electrons. The molecule has 2 atom stereocenters. The Bertz CT molecular complexity index is 331. The van der Waals surface area contributed by atoms with Gasteiger partial charge in [-0.2, -0.15) is 0 Å². The first-order valence-electron chi connectivity index (χ1n) is 5.20. The van der Waals surface area contributed by atoms with Crippen molar-refractivity contribution in [1.29, 1.82) is 0 Å². The first-order valence-corrected chi connectivity index (χ1v) is 6.87. The van der Waals surface area contributed by atoms with Gasteiger partial charge in [0.25, 0.3) is 0 Å². The average Bonchev–Trinajstić information content (AvgIpc) is 2.65. The maximum atomic E-state index is 5.66. The Morgan fingerprint density at radius 2 is 2.53 bits per heavy atom. The number of thiazole rings is 1. The van der Waals surface area contributed by atoms with Crippen molar-refractivity contribution in [1.82, 2.24) is 4.98 Å². The molecular weight excluding hydrogens is 276 g/mol. The minimum absolute atomic E-state index is 0.301. The number of anilines is 1. The number of hydrogen-bond acceptors (Lipinski definition) is 4. The zero-order valence-corrected chi connectivity index (χ0v) is 11.3. The Morgan fingerprint density at radius 1 is 1.73 bits per heavy atom. The number of hydrogen-bond donors (Lipinski definition) is 0. The summed E-state index contributed by atoms with van der Waals surface area (Å²) in [6.45, 7) is 6.06. The molecule has 0 N–H and O–H groups in total. The molecule has 1 aliphatic heterocycles. The summed E-state index contributed by atoms with van der Waals surface area (Å²) in [5, 5.41) is 3.13. The van der Waals surface area contributed by atoms with Gasteiger partial charge in [0.15, 0.2) is 5.13 Å². The largest absolute Gasteiger partial charge is 0.375 e. The van der Waals surface area contributed by atoms with Gasteiger partial charge in [-0.3, -0.25) is 0 Å². The predicted octanol–water partition coefficient (Wildman–Crippen LogP) is 2.91. The van der Waals surface area contributed by atoms with E-state index >= 15 is 0 Å². The van der Waals surface area contributed by atoms with Crippen LogP contribution in [0.1, 0.15) is 20.3 Å². The molecule has 1 aromatic rings. The molecule has 2 rings (SSSR count). The van der Waals surface area contributed by atoms with E-state index in [4.69, 9.17) is 4.74 Å². The third-order valence-corrected chi connectivity index (χ3v) is 4.24. The second-order valence-corrected chi connectivity index (χ2v) is 5.46. The van der Waals surface area contributed by atoms with Crippen molar-refractivity contribution >= 4 is 32.4 Å². The Balaban J connectivity index is 2.16. The number of morpholine rings is 1. The Kier molecular flexibility index (Phi) is 3.64. The lowest BCUT2D eigenvalue weighted by atomic mass is 10.1. The molecule has 1 fully saturated rings. The molecule has 15 heavy (non-hydrogen) atoms. The second-order valence-electron chi connectivity index (χ2n) is 3.81. The van der Waals surface area contributed by atoms with Gasteiger partial charge in [-0.15, -0.1) is 11.3 Å². The van der Waals surface area contributed by atoms with Crippen molar-refractivity contribution in [2.75, 3.05) is 18.1 Å². The zero-order chi connectivity index (χ0) is 10.8. The second kappa shape index (κ2) is 4.80. The smallest absolute Gasteiger partial charge is 0.186 e. The van der Waals surface area contributed by atoms with Crippen LogP contribution >= 0.6 is 27.3 Å². The van der Waals surface area contributed by atoms with Gasteiger partial charge in [0.1, 0.15) is 4.60 Å². The van der Waals surface area contributed by atoms with E-state index in [1.165, 1.54) is 0 Å². The van der Waals surface area contributed by atoms with E-state index in [0.717, 1.165) is 29.3 Å². The van der Waals surface area contributed by atoms with E-state index in [9.17, 15) is 0 Å². The van der Waals surface area contributed by atoms with Crippen LogP contribution < -0.4 is 4.90 Å². The fourth-order valence-corrected chi connectivity index (χ4v) is 3.13. The van der Waals surface area contributed by atoms with Crippen LogP contribution in [0.15, 0.2) is 9.98 Å². The highest BCUT2D eigenvalue weighted by atomic mass is 79.9. The number of aromatic nitrogens is 1. The van der Waals surface area contributed by atoms with Gasteiger partial charge in [-0.1, -0.05) is 6.92 Å². The summed E-state index contributed by atoms with van der Waals surface area (Å²) >= 11 is 5.09. The van der Waals surface area contributed by atoms with Crippen LogP contribution in [0.2, 0.25) is 0 Å². The Hall–Kier alpha value is -0.130. The summed E-state index contributed by atoms with van der Waals surface area (Å²) in [4.78, 5) is 6.84. The summed E-state index contributed by atoms with van der Waals surface area (Å²) in [6, 6.07) is 0.472. The van der Waals surface area contributed by atoms with E-state index in [1.54, 1.807) is 11.3 Å². The molecular formula is C10H15BrN2OS. The van der Waals surface area contributed by atoms with Gasteiger partial charge >= 0.3 is 0 Å². The molecule has 84 valence electrons. The lowest BCUT2D eigenvalue weighted by molar-refractivity contribution is 0.0299. The molecule has 0 saturated carbocycles. The normalized spacial score (nSPS) is 27.0. The first kappa shape index (κ1) is 11.4. The van der Waals surface area contributed by atoms with Crippen LogP contribution in [-0.4, -0.2) is 30.3 Å². The molecule has 3 nitrogen and oxygen atoms in total. The number of rotatable bonds is 2. The third kappa shape index (κ3) is 2.52. The highest BCUT2D eigenvalue weighted by Crippen LogP contribution is 2.28. The monoisotopic (exact) mass is 290 g/mol. The van der Waals surface area contributed by atoms with Crippen LogP contribution in [0.4, 0.5) is 5.13 Å². The zero-order valence-electron chi connectivity index (χ0n) is 8.94. The summed E-state index contributed by atoms with van der Waals surface area (Å²) in [6.07, 6.45) is 1.40. The minimum Gasteiger partial charge on any atom is -0.375 e. The molecule has 1 saturated heterocycles. The van der Waals surface area contributed by atoms with Crippen LogP contribution in [0.3, 0.4) is 0 Å². The average molecular weight is 291 g/mol. The van der Waals surface area contributed by atoms with Crippen LogP contribution in [-0.2, 0) is 4.74 Å². The van der Waals surface area contributed by atoms with Crippen molar-refractivity contribution < 1.29 is 4.74 Å². The summed E-state index contributed by atoms with van der Waals surface area (Å²) < 4.78 is 6.59. The van der Waals surface area contributed by atoms with Crippen LogP contribution in [0.25, 0.3) is 0 Å². The highest BCUT2D eigenvalue weighted by molar-refractivity contribution is 9.10. The van der Waals surface area contributed by atoms with E-state index < -0.39 is 0 Å². The molecule has 1 aromatic heterocycles. The van der Waals surface area contributed by atoms with Crippen molar-refractivity contribution in [2.24, 2.45) is 0 Å². The predicted molar refractivity (Wildman–Crippen MR) is 66.7 cm³/mol. The molecule has 2 heterocycles. The van der Waals surface area contributed by atoms with Gasteiger partial charge in [-0.05, 0) is 29.3 Å². The molecule has 0 aromatic carbocycles. The van der Waals surface area contributed by atoms with Crippen molar-refractivity contribution in [3.05, 3.63) is 9.98 Å². The molecule has 0 spiro atoms. The third-order valence-electron chi connectivity index (χ3n) is 2.65. The van der Waals surface area contributed by atoms with E-state index in [2.05, 4.69) is 39.7 Å². The molecule has 0 aliphatic carbocycles. The van der Waals surface area contributed by atoms with Crippen molar-refractivity contribution in [3.63, 3.8) is 0 Å². The minimum atomic E-state index is 0.301. The lowest BCUT2D eigenvalue weighted by Crippen LogP contribution is -2.48. The van der Waals surface area contributed by atoms with Gasteiger partial charge in [0.05, 0.1) is 18.8 Å². The molecule has 0 bridgehead atoms. The summed E-state index contributed by atoms with van der Waals surface area (Å²) in [5.41, 5.74) is 0. The quantitative estimate of drug-likeness (QED) is 0.837. The maximum absolute atomic E-state index is 5.66. The molecule has 0 amide bonds. The maximum Gasteiger partial charge on any atom is 0.186 e. The van der Waals surface area contributed by atoms with Crippen molar-refractivity contribution in [3.8, 4) is 0 Å². The van der Waals surface area contributed by atoms with Crippen LogP contribution in [0, 0.1) is 0 Å². The van der Waals surface area contributed by atoms with E-state index in [-0.39, 0.29) is 0 Å². The number of halogens is 1. The fraction of sp³-hybridized carbons (Fsp3) is 0.700. The Labute approximate surface area is 103 Å². The van der Waals surface area contributed by atoms with Crippen molar-refractivity contribution in [2.45, 2.75) is 32.4 Å². The SMILES string of the molecule is CCC1COC(C)CN1c1nc(Br)cs1. The lowest BCUT2D eigenvalue weighted by Gasteiger charge is -2.38. The highest BCUT2D eigenvalue weighted by Gasteiger charge is 2.27. The first-order chi connectivity index (χ1) is 7.20. The van der Waals surface area contributed by atoms with E-state index in [0.29, 0.717) is 12.1 Å². The Morgan fingerprint density at radius 3 is 3.13 bits per heavy atom. The summed E-state index contributed by atoms with van der Waals surface area (Å²) in [5.74, 6) is 0. The fourth-order valence-electron chi connectivity index (χ4n) is 1.79. The van der Waals surface area contributed by atoms with Gasteiger partial charge in [0, 0.05) is 11.9 Å². The van der Waals surface area contributed by atoms with Crippen LogP contribution in [0.5, 0.6) is 0 Å².